The third-order valence-electron chi connectivity index (χ3n) is 3.91. The minimum absolute atomic E-state index is 0.210. The largest absolute Gasteiger partial charge is 0.488 e. The number of benzene rings is 2. The van der Waals surface area contributed by atoms with Crippen molar-refractivity contribution in [1.29, 1.82) is 0 Å². The number of rotatable bonds is 6. The molecule has 0 amide bonds. The average Bonchev–Trinajstić information content (AvgIpc) is 2.68. The number of pyridine rings is 1. The molecule has 0 saturated heterocycles. The fourth-order valence-corrected chi connectivity index (χ4v) is 2.36. The molecule has 1 aromatic heterocycles. The number of hydrogen-bond donors (Lipinski definition) is 1. The monoisotopic (exact) mass is 385 g/mol. The molecule has 144 valence electrons. The average molecular weight is 385 g/mol. The quantitative estimate of drug-likeness (QED) is 0.454. The summed E-state index contributed by atoms with van der Waals surface area (Å²) in [5, 5.41) is 4.03. The molecule has 7 heteroatoms. The van der Waals surface area contributed by atoms with Gasteiger partial charge in [0.2, 0.25) is 0 Å². The smallest absolute Gasteiger partial charge is 0.417 e. The van der Waals surface area contributed by atoms with Crippen molar-refractivity contribution in [1.82, 2.24) is 4.98 Å². The summed E-state index contributed by atoms with van der Waals surface area (Å²) >= 11 is 0. The number of nitrogens with one attached hydrogen (secondary N) is 1. The number of alkyl halides is 3. The molecule has 0 atom stereocenters. The Balaban J connectivity index is 1.63. The Bertz CT molecular complexity index is 936. The van der Waals surface area contributed by atoms with Gasteiger partial charge in [-0.15, -0.1) is 0 Å². The SMILES string of the molecule is Cc1ccc(COc2ccccc2/C=N\Nc2ccc(C(F)(F)F)cn2)cc1. The molecule has 0 aliphatic heterocycles. The van der Waals surface area contributed by atoms with Crippen molar-refractivity contribution in [3.63, 3.8) is 0 Å². The number of nitrogens with zero attached hydrogens (tertiary/aromatic N) is 2. The number of hydrazone groups is 1. The topological polar surface area (TPSA) is 46.5 Å². The molecule has 4 nitrogen and oxygen atoms in total. The summed E-state index contributed by atoms with van der Waals surface area (Å²) in [6.07, 6.45) is -2.12. The molecule has 0 fully saturated rings. The number of aryl methyl sites for hydroxylation is 1. The first kappa shape index (κ1) is 19.4. The highest BCUT2D eigenvalue weighted by Gasteiger charge is 2.30. The number of para-hydroxylation sites is 1. The summed E-state index contributed by atoms with van der Waals surface area (Å²) in [6.45, 7) is 2.44. The zero-order chi connectivity index (χ0) is 20.0. The van der Waals surface area contributed by atoms with Gasteiger partial charge in [-0.05, 0) is 36.8 Å². The minimum Gasteiger partial charge on any atom is -0.488 e. The molecule has 0 saturated carbocycles. The van der Waals surface area contributed by atoms with Crippen molar-refractivity contribution < 1.29 is 17.9 Å². The lowest BCUT2D eigenvalue weighted by atomic mass is 10.1. The lowest BCUT2D eigenvalue weighted by Gasteiger charge is -2.09. The molecule has 2 aromatic carbocycles. The van der Waals surface area contributed by atoms with E-state index in [4.69, 9.17) is 4.74 Å². The van der Waals surface area contributed by atoms with Gasteiger partial charge in [-0.1, -0.05) is 42.0 Å². The van der Waals surface area contributed by atoms with Crippen LogP contribution in [0, 0.1) is 6.92 Å². The molecule has 1 N–H and O–H groups in total. The van der Waals surface area contributed by atoms with Crippen LogP contribution in [0.5, 0.6) is 5.75 Å². The summed E-state index contributed by atoms with van der Waals surface area (Å²) in [6, 6.07) is 17.6. The van der Waals surface area contributed by atoms with E-state index in [-0.39, 0.29) is 5.82 Å². The maximum absolute atomic E-state index is 12.5. The first-order valence-corrected chi connectivity index (χ1v) is 8.51. The van der Waals surface area contributed by atoms with Crippen LogP contribution in [-0.4, -0.2) is 11.2 Å². The first-order chi connectivity index (χ1) is 13.4. The van der Waals surface area contributed by atoms with E-state index in [1.807, 2.05) is 55.5 Å². The van der Waals surface area contributed by atoms with E-state index in [9.17, 15) is 13.2 Å². The van der Waals surface area contributed by atoms with Gasteiger partial charge in [0.05, 0.1) is 11.8 Å². The fourth-order valence-electron chi connectivity index (χ4n) is 2.36. The normalized spacial score (nSPS) is 11.6. The van der Waals surface area contributed by atoms with E-state index in [1.54, 1.807) is 0 Å². The van der Waals surface area contributed by atoms with Crippen LogP contribution in [-0.2, 0) is 12.8 Å². The molecular weight excluding hydrogens is 367 g/mol. The van der Waals surface area contributed by atoms with Crippen LogP contribution in [0.3, 0.4) is 0 Å². The first-order valence-electron chi connectivity index (χ1n) is 8.51. The molecule has 0 unspecified atom stereocenters. The summed E-state index contributed by atoms with van der Waals surface area (Å²) in [5.74, 6) is 0.858. The predicted molar refractivity (Wildman–Crippen MR) is 102 cm³/mol. The second-order valence-corrected chi connectivity index (χ2v) is 6.11. The molecule has 3 rings (SSSR count). The number of ether oxygens (including phenoxy) is 1. The molecule has 0 spiro atoms. The van der Waals surface area contributed by atoms with E-state index in [2.05, 4.69) is 15.5 Å². The zero-order valence-corrected chi connectivity index (χ0v) is 15.1. The Morgan fingerprint density at radius 1 is 1.04 bits per heavy atom. The van der Waals surface area contributed by atoms with Gasteiger partial charge in [0.25, 0.3) is 0 Å². The second kappa shape index (κ2) is 8.56. The summed E-state index contributed by atoms with van der Waals surface area (Å²) in [4.78, 5) is 3.71. The van der Waals surface area contributed by atoms with Crippen LogP contribution < -0.4 is 10.2 Å². The van der Waals surface area contributed by atoms with Crippen molar-refractivity contribution in [2.75, 3.05) is 5.43 Å². The van der Waals surface area contributed by atoms with Crippen molar-refractivity contribution in [2.24, 2.45) is 5.10 Å². The summed E-state index contributed by atoms with van der Waals surface area (Å²) in [7, 11) is 0. The Morgan fingerprint density at radius 3 is 2.46 bits per heavy atom. The van der Waals surface area contributed by atoms with Gasteiger partial charge in [0.1, 0.15) is 18.2 Å². The van der Waals surface area contributed by atoms with Gasteiger partial charge in [-0.3, -0.25) is 5.43 Å². The van der Waals surface area contributed by atoms with E-state index < -0.39 is 11.7 Å². The molecule has 3 aromatic rings. The third kappa shape index (κ3) is 5.33. The van der Waals surface area contributed by atoms with Crippen LogP contribution in [0.15, 0.2) is 72.0 Å². The standard InChI is InChI=1S/C21H18F3N3O/c1-15-6-8-16(9-7-15)14-28-19-5-3-2-4-17(19)12-26-27-20-11-10-18(13-25-20)21(22,23)24/h2-13H,14H2,1H3,(H,25,27)/b26-12-. The van der Waals surface area contributed by atoms with Crippen molar-refractivity contribution in [2.45, 2.75) is 19.7 Å². The second-order valence-electron chi connectivity index (χ2n) is 6.11. The van der Waals surface area contributed by atoms with Gasteiger partial charge in [0.15, 0.2) is 0 Å². The number of aromatic nitrogens is 1. The Kier molecular flexibility index (Phi) is 5.93. The van der Waals surface area contributed by atoms with Crippen molar-refractivity contribution in [3.8, 4) is 5.75 Å². The van der Waals surface area contributed by atoms with Crippen molar-refractivity contribution in [3.05, 3.63) is 89.1 Å². The summed E-state index contributed by atoms with van der Waals surface area (Å²) < 4.78 is 43.5. The molecular formula is C21H18F3N3O. The van der Waals surface area contributed by atoms with Crippen LogP contribution in [0.2, 0.25) is 0 Å². The van der Waals surface area contributed by atoms with Gasteiger partial charge >= 0.3 is 6.18 Å². The lowest BCUT2D eigenvalue weighted by Crippen LogP contribution is -2.05. The molecule has 1 heterocycles. The maximum atomic E-state index is 12.5. The molecule has 28 heavy (non-hydrogen) atoms. The van der Waals surface area contributed by atoms with Crippen molar-refractivity contribution >= 4 is 12.0 Å². The molecule has 0 aliphatic carbocycles. The van der Waals surface area contributed by atoms with Gasteiger partial charge < -0.3 is 4.74 Å². The number of hydrogen-bond acceptors (Lipinski definition) is 4. The van der Waals surface area contributed by atoms with Gasteiger partial charge in [-0.25, -0.2) is 4.98 Å². The van der Waals surface area contributed by atoms with E-state index in [0.717, 1.165) is 23.4 Å². The lowest BCUT2D eigenvalue weighted by molar-refractivity contribution is -0.137. The molecule has 0 bridgehead atoms. The zero-order valence-electron chi connectivity index (χ0n) is 15.1. The van der Waals surface area contributed by atoms with E-state index >= 15 is 0 Å². The summed E-state index contributed by atoms with van der Waals surface area (Å²) in [5.41, 5.74) is 4.76. The Hall–Kier alpha value is -3.35. The van der Waals surface area contributed by atoms with Crippen LogP contribution in [0.1, 0.15) is 22.3 Å². The molecule has 0 aliphatic rings. The van der Waals surface area contributed by atoms with E-state index in [0.29, 0.717) is 12.4 Å². The number of anilines is 1. The van der Waals surface area contributed by atoms with Crippen LogP contribution in [0.25, 0.3) is 0 Å². The highest BCUT2D eigenvalue weighted by molar-refractivity contribution is 5.83. The minimum atomic E-state index is -4.41. The van der Waals surface area contributed by atoms with Crippen LogP contribution >= 0.6 is 0 Å². The highest BCUT2D eigenvalue weighted by atomic mass is 19.4. The van der Waals surface area contributed by atoms with Gasteiger partial charge in [0, 0.05) is 11.8 Å². The Labute approximate surface area is 160 Å². The van der Waals surface area contributed by atoms with Gasteiger partial charge in [-0.2, -0.15) is 18.3 Å². The maximum Gasteiger partial charge on any atom is 0.417 e. The number of halogens is 3. The molecule has 0 radical (unpaired) electrons. The Morgan fingerprint density at radius 2 is 1.79 bits per heavy atom. The fraction of sp³-hybridized carbons (Fsp3) is 0.143. The van der Waals surface area contributed by atoms with E-state index in [1.165, 1.54) is 17.8 Å². The third-order valence-corrected chi connectivity index (χ3v) is 3.91. The van der Waals surface area contributed by atoms with Crippen LogP contribution in [0.4, 0.5) is 19.0 Å². The predicted octanol–water partition coefficient (Wildman–Crippen LogP) is 5.43. The highest BCUT2D eigenvalue weighted by Crippen LogP contribution is 2.28.